The van der Waals surface area contributed by atoms with Crippen LogP contribution in [0.1, 0.15) is 24.7 Å². The van der Waals surface area contributed by atoms with Crippen molar-refractivity contribution in [3.63, 3.8) is 0 Å². The van der Waals surface area contributed by atoms with E-state index in [0.717, 1.165) is 18.2 Å². The number of carbonyl (C=O) groups is 2. The maximum absolute atomic E-state index is 14.7. The van der Waals surface area contributed by atoms with Gasteiger partial charge in [-0.3, -0.25) is 0 Å². The number of ether oxygens (including phenoxy) is 1. The van der Waals surface area contributed by atoms with Gasteiger partial charge in [-0.15, -0.1) is 0 Å². The summed E-state index contributed by atoms with van der Waals surface area (Å²) < 4.78 is 61.2. The number of carbonyl (C=O) groups excluding carboxylic acids is 2. The highest BCUT2D eigenvalue weighted by molar-refractivity contribution is 7.91. The van der Waals surface area contributed by atoms with Crippen molar-refractivity contribution in [3.8, 4) is 0 Å². The maximum atomic E-state index is 14.7. The van der Waals surface area contributed by atoms with Crippen molar-refractivity contribution in [1.29, 1.82) is 0 Å². The molecule has 0 spiro atoms. The largest absolute Gasteiger partial charge is 0.449 e. The molecule has 0 aliphatic carbocycles. The summed E-state index contributed by atoms with van der Waals surface area (Å²) in [4.78, 5) is 27.4. The molecule has 1 aliphatic heterocycles. The fraction of sp³-hybridized carbons (Fsp3) is 0.417. The second-order valence-corrected chi connectivity index (χ2v) is 11.0. The normalized spacial score (nSPS) is 15.8. The quantitative estimate of drug-likeness (QED) is 0.563. The Hall–Kier alpha value is -2.92. The van der Waals surface area contributed by atoms with Crippen LogP contribution in [0.4, 0.5) is 18.4 Å². The van der Waals surface area contributed by atoms with E-state index in [9.17, 15) is 26.8 Å². The zero-order valence-electron chi connectivity index (χ0n) is 19.9. The van der Waals surface area contributed by atoms with Gasteiger partial charge in [0.2, 0.25) is 0 Å². The van der Waals surface area contributed by atoms with Gasteiger partial charge in [-0.2, -0.15) is 0 Å². The average molecular weight is 544 g/mol. The van der Waals surface area contributed by atoms with Crippen LogP contribution < -0.4 is 5.32 Å². The summed E-state index contributed by atoms with van der Waals surface area (Å²) in [5.74, 6) is -2.61. The Balaban J connectivity index is 1.76. The van der Waals surface area contributed by atoms with Crippen LogP contribution in [0.5, 0.6) is 0 Å². The Morgan fingerprint density at radius 1 is 1.06 bits per heavy atom. The predicted molar refractivity (Wildman–Crippen MR) is 130 cm³/mol. The molecular weight excluding hydrogens is 516 g/mol. The van der Waals surface area contributed by atoms with Crippen LogP contribution >= 0.6 is 11.6 Å². The molecule has 2 atom stereocenters. The number of nitrogens with zero attached hydrogens (tertiary/aromatic N) is 2. The lowest BCUT2D eigenvalue weighted by molar-refractivity contribution is 0.0717. The molecule has 0 radical (unpaired) electrons. The lowest BCUT2D eigenvalue weighted by Crippen LogP contribution is -2.53. The van der Waals surface area contributed by atoms with Crippen LogP contribution in [-0.4, -0.2) is 69.7 Å². The Kier molecular flexibility index (Phi) is 9.13. The fourth-order valence-electron chi connectivity index (χ4n) is 4.02. The third-order valence-corrected chi connectivity index (χ3v) is 8.45. The van der Waals surface area contributed by atoms with E-state index in [2.05, 4.69) is 5.32 Å². The van der Waals surface area contributed by atoms with Crippen LogP contribution in [0.2, 0.25) is 5.02 Å². The molecule has 1 saturated heterocycles. The van der Waals surface area contributed by atoms with Gasteiger partial charge in [0.1, 0.15) is 11.6 Å². The SMILES string of the molecule is CCNC(=O)N1CCN(C(=O)OC[C@@H](C)[C@@H](c2cc(F)ccc2F)S(=O)(=O)c2ccc(Cl)cc2)CC1. The summed E-state index contributed by atoms with van der Waals surface area (Å²) in [6, 6.07) is 7.73. The lowest BCUT2D eigenvalue weighted by Gasteiger charge is -2.34. The summed E-state index contributed by atoms with van der Waals surface area (Å²) >= 11 is 5.88. The van der Waals surface area contributed by atoms with Crippen molar-refractivity contribution in [2.24, 2.45) is 5.92 Å². The Bertz CT molecular complexity index is 1190. The molecule has 0 bridgehead atoms. The molecule has 2 aromatic carbocycles. The number of amides is 3. The van der Waals surface area contributed by atoms with Crippen LogP contribution in [0.25, 0.3) is 0 Å². The summed E-state index contributed by atoms with van der Waals surface area (Å²) in [5, 5.41) is 1.48. The number of sulfone groups is 1. The highest BCUT2D eigenvalue weighted by atomic mass is 35.5. The van der Waals surface area contributed by atoms with Crippen molar-refractivity contribution >= 4 is 33.6 Å². The third-order valence-electron chi connectivity index (χ3n) is 5.88. The Morgan fingerprint density at radius 3 is 2.28 bits per heavy atom. The topological polar surface area (TPSA) is 96.0 Å². The molecule has 3 amide bonds. The first kappa shape index (κ1) is 27.7. The first-order valence-corrected chi connectivity index (χ1v) is 13.4. The number of rotatable bonds is 7. The zero-order chi connectivity index (χ0) is 26.5. The zero-order valence-corrected chi connectivity index (χ0v) is 21.5. The number of nitrogens with one attached hydrogen (secondary N) is 1. The van der Waals surface area contributed by atoms with Crippen molar-refractivity contribution in [1.82, 2.24) is 15.1 Å². The molecule has 36 heavy (non-hydrogen) atoms. The van der Waals surface area contributed by atoms with E-state index in [1.54, 1.807) is 4.90 Å². The summed E-state index contributed by atoms with van der Waals surface area (Å²) in [5.41, 5.74) is -0.357. The monoisotopic (exact) mass is 543 g/mol. The second-order valence-electron chi connectivity index (χ2n) is 8.45. The first-order valence-electron chi connectivity index (χ1n) is 11.4. The van der Waals surface area contributed by atoms with Gasteiger partial charge in [0.05, 0.1) is 16.8 Å². The minimum atomic E-state index is -4.23. The van der Waals surface area contributed by atoms with Gasteiger partial charge in [-0.25, -0.2) is 26.8 Å². The van der Waals surface area contributed by atoms with Crippen molar-refractivity contribution in [3.05, 3.63) is 64.7 Å². The van der Waals surface area contributed by atoms with Gasteiger partial charge in [-0.1, -0.05) is 18.5 Å². The number of halogens is 3. The summed E-state index contributed by atoms with van der Waals surface area (Å²) in [7, 11) is -4.23. The second kappa shape index (κ2) is 11.9. The summed E-state index contributed by atoms with van der Waals surface area (Å²) in [6.07, 6.45) is -0.681. The molecule has 8 nitrogen and oxygen atoms in total. The number of urea groups is 1. The molecule has 196 valence electrons. The van der Waals surface area contributed by atoms with Gasteiger partial charge >= 0.3 is 12.1 Å². The standard InChI is InChI=1S/C24H28ClF2N3O5S/c1-3-28-23(31)29-10-12-30(13-11-29)24(32)35-15-16(2)22(20-14-18(26)6-9-21(20)27)36(33,34)19-7-4-17(25)5-8-19/h4-9,14,16,22H,3,10-13,15H2,1-2H3,(H,28,31)/t16-,22+/m1/s1. The minimum absolute atomic E-state index is 0.125. The molecule has 1 N–H and O–H groups in total. The number of hydrogen-bond acceptors (Lipinski definition) is 5. The molecule has 1 fully saturated rings. The van der Waals surface area contributed by atoms with E-state index in [1.807, 2.05) is 6.92 Å². The average Bonchev–Trinajstić information content (AvgIpc) is 2.85. The third kappa shape index (κ3) is 6.44. The van der Waals surface area contributed by atoms with E-state index in [-0.39, 0.29) is 36.2 Å². The van der Waals surface area contributed by atoms with Gasteiger partial charge in [-0.05, 0) is 49.4 Å². The molecule has 1 aliphatic rings. The smallest absolute Gasteiger partial charge is 0.409 e. The van der Waals surface area contributed by atoms with E-state index in [0.29, 0.717) is 24.7 Å². The number of piperazine rings is 1. The van der Waals surface area contributed by atoms with E-state index in [4.69, 9.17) is 16.3 Å². The van der Waals surface area contributed by atoms with E-state index < -0.39 is 38.7 Å². The maximum Gasteiger partial charge on any atom is 0.409 e. The van der Waals surface area contributed by atoms with E-state index in [1.165, 1.54) is 36.1 Å². The predicted octanol–water partition coefficient (Wildman–Crippen LogP) is 4.25. The van der Waals surface area contributed by atoms with Gasteiger partial charge in [0, 0.05) is 49.2 Å². The number of hydrogen-bond donors (Lipinski definition) is 1. The van der Waals surface area contributed by atoms with Gasteiger partial charge in [0.15, 0.2) is 9.84 Å². The summed E-state index contributed by atoms with van der Waals surface area (Å²) in [6.45, 7) is 4.56. The van der Waals surface area contributed by atoms with Crippen LogP contribution in [0.15, 0.2) is 47.4 Å². The van der Waals surface area contributed by atoms with Gasteiger partial charge in [0.25, 0.3) is 0 Å². The van der Waals surface area contributed by atoms with Crippen molar-refractivity contribution in [2.45, 2.75) is 24.0 Å². The highest BCUT2D eigenvalue weighted by Gasteiger charge is 2.37. The van der Waals surface area contributed by atoms with Crippen molar-refractivity contribution in [2.75, 3.05) is 39.3 Å². The van der Waals surface area contributed by atoms with Crippen molar-refractivity contribution < 1.29 is 31.5 Å². The molecule has 0 aromatic heterocycles. The van der Waals surface area contributed by atoms with Gasteiger partial charge < -0.3 is 19.9 Å². The van der Waals surface area contributed by atoms with Crippen LogP contribution in [0.3, 0.4) is 0 Å². The molecule has 2 aromatic rings. The fourth-order valence-corrected chi connectivity index (χ4v) is 6.16. The minimum Gasteiger partial charge on any atom is -0.449 e. The van der Waals surface area contributed by atoms with Crippen LogP contribution in [-0.2, 0) is 14.6 Å². The van der Waals surface area contributed by atoms with Crippen LogP contribution in [0, 0.1) is 17.6 Å². The Labute approximate surface area is 214 Å². The molecular formula is C24H28ClF2N3O5S. The number of benzene rings is 2. The lowest BCUT2D eigenvalue weighted by atomic mass is 10.0. The molecule has 0 saturated carbocycles. The molecule has 3 rings (SSSR count). The van der Waals surface area contributed by atoms with E-state index >= 15 is 0 Å². The molecule has 1 heterocycles. The highest BCUT2D eigenvalue weighted by Crippen LogP contribution is 2.37. The first-order chi connectivity index (χ1) is 17.0. The molecule has 12 heteroatoms. The Morgan fingerprint density at radius 2 is 1.67 bits per heavy atom. The molecule has 0 unspecified atom stereocenters.